The summed E-state index contributed by atoms with van der Waals surface area (Å²) in [6.45, 7) is 2.34. The van der Waals surface area contributed by atoms with Crippen LogP contribution in [-0.2, 0) is 54.3 Å². The van der Waals surface area contributed by atoms with Gasteiger partial charge in [0.05, 0.1) is 11.1 Å². The van der Waals surface area contributed by atoms with E-state index in [9.17, 15) is 52.7 Å². The van der Waals surface area contributed by atoms with Crippen molar-refractivity contribution < 1.29 is 134 Å². The van der Waals surface area contributed by atoms with E-state index in [1.165, 1.54) is 108 Å². The molecule has 6 rings (SSSR count). The zero-order valence-electron chi connectivity index (χ0n) is 46.8. The van der Waals surface area contributed by atoms with Gasteiger partial charge in [0.15, 0.2) is 18.5 Å². The number of carbonyl (C=O) groups is 11. The second-order valence-electron chi connectivity index (χ2n) is 16.0. The van der Waals surface area contributed by atoms with Crippen LogP contribution in [0.1, 0.15) is 82.9 Å². The van der Waals surface area contributed by atoms with Gasteiger partial charge in [-0.15, -0.1) is 0 Å². The molecule has 86 heavy (non-hydrogen) atoms. The molecule has 0 bridgehead atoms. The van der Waals surface area contributed by atoms with Gasteiger partial charge in [-0.05, 0) is 89.3 Å². The minimum Gasteiger partial charge on any atom is -1.00 e. The minimum atomic E-state index is -1.11. The van der Waals surface area contributed by atoms with Crippen molar-refractivity contribution in [1.82, 2.24) is 19.8 Å². The Kier molecular flexibility index (Phi) is 36.1. The number of carbonyl (C=O) groups excluding carboxylic acids is 10. The molecule has 3 aromatic carbocycles. The molecule has 2 amide bonds. The number of aromatic carboxylic acids is 1. The van der Waals surface area contributed by atoms with Gasteiger partial charge in [0, 0.05) is 79.8 Å². The van der Waals surface area contributed by atoms with E-state index in [0.29, 0.717) is 10.2 Å². The summed E-state index contributed by atoms with van der Waals surface area (Å²) in [5, 5.41) is 8.69. The molecule has 0 fully saturated rings. The number of hydrogen-bond donors (Lipinski definition) is 1. The number of nitrogens with zero attached hydrogens (tertiary/aromatic N) is 5. The number of benzene rings is 3. The topological polar surface area (TPSA) is 336 Å². The fraction of sp³-hybridized carbons (Fsp3) is 0.214. The number of para-hydroxylation sites is 3. The van der Waals surface area contributed by atoms with Gasteiger partial charge in [-0.25, -0.2) is 38.4 Å². The first-order valence-electron chi connectivity index (χ1n) is 24.0. The van der Waals surface area contributed by atoms with Crippen molar-refractivity contribution in [2.75, 3.05) is 52.5 Å². The summed E-state index contributed by atoms with van der Waals surface area (Å²) >= 11 is 7.15. The van der Waals surface area contributed by atoms with Crippen LogP contribution in [0.2, 0.25) is 0 Å². The Bertz CT molecular complexity index is 3210. The standard InChI is InChI=1S/C20H21N2O8.C16H13NO6.C9H8O4.C7H6ClNO2.C4H8INO2.HI/c1-14(23)30-17-9-5-4-8-16(17)19(25)29-13-28-18(24)15-7-6-10-22(11-15)12-27-20(26)21(2)3;1-11(18)23-14-7-3-2-6-13(14)16(20)22-10-21-15(19)12-5-4-8-17-9-12;1-6(10)13-8-5-3-2-4-7(8)9(11)12;8-5-11-7(10)6-2-1-3-9-4-6;1-6(2)4(7)8-3-5;/h4-11H,12-13H2,1-3H3;2-9H,10H2,1H3;2-5H,1H3,(H,11,12);1-4H,5H2;3H2,1-2H3;1H/q+1;;;;;/p-1. The molecule has 0 aliphatic carbocycles. The minimum absolute atomic E-state index is 0. The lowest BCUT2D eigenvalue weighted by Crippen LogP contribution is -3.00. The quantitative estimate of drug-likeness (QED) is 0.0252. The molecule has 6 aromatic rings. The second kappa shape index (κ2) is 41.6. The van der Waals surface area contributed by atoms with Crippen LogP contribution >= 0.6 is 34.2 Å². The van der Waals surface area contributed by atoms with Crippen LogP contribution in [0.4, 0.5) is 9.59 Å². The molecular weight excluding hydrogens is 1380 g/mol. The maximum absolute atomic E-state index is 12.2. The average molecular weight is 1440 g/mol. The van der Waals surface area contributed by atoms with E-state index in [-0.39, 0.29) is 87.9 Å². The van der Waals surface area contributed by atoms with Gasteiger partial charge in [0.25, 0.3) is 6.73 Å². The van der Waals surface area contributed by atoms with E-state index in [1.807, 2.05) is 22.6 Å². The highest BCUT2D eigenvalue weighted by molar-refractivity contribution is 14.1. The third-order valence-electron chi connectivity index (χ3n) is 9.17. The Morgan fingerprint density at radius 2 is 0.860 bits per heavy atom. The number of amides is 2. The third kappa shape index (κ3) is 29.7. The highest BCUT2D eigenvalue weighted by atomic mass is 127. The number of ether oxygens (including phenoxy) is 10. The van der Waals surface area contributed by atoms with Crippen molar-refractivity contribution in [3.8, 4) is 17.2 Å². The molecule has 0 aliphatic heterocycles. The monoisotopic (exact) mass is 1440 g/mol. The average Bonchev–Trinajstić information content (AvgIpc) is 3.25. The van der Waals surface area contributed by atoms with Crippen molar-refractivity contribution in [2.24, 2.45) is 0 Å². The highest BCUT2D eigenvalue weighted by Gasteiger charge is 2.20. The van der Waals surface area contributed by atoms with Gasteiger partial charge in [-0.2, -0.15) is 4.57 Å². The van der Waals surface area contributed by atoms with E-state index >= 15 is 0 Å². The smallest absolute Gasteiger partial charge is 0.414 e. The molecule has 0 radical (unpaired) electrons. The third-order valence-corrected chi connectivity index (χ3v) is 9.59. The second-order valence-corrected chi connectivity index (χ2v) is 16.9. The predicted octanol–water partition coefficient (Wildman–Crippen LogP) is 4.33. The van der Waals surface area contributed by atoms with Gasteiger partial charge < -0.3 is 86.3 Å². The van der Waals surface area contributed by atoms with Crippen molar-refractivity contribution >= 4 is 100 Å². The number of esters is 8. The van der Waals surface area contributed by atoms with Gasteiger partial charge in [-0.1, -0.05) is 48.0 Å². The normalized spacial score (nSPS) is 9.45. The molecular formula is C56H56ClI2N5O22. The van der Waals surface area contributed by atoms with Crippen LogP contribution in [0.3, 0.4) is 0 Å². The first kappa shape index (κ1) is 74.6. The molecule has 30 heteroatoms. The molecule has 3 heterocycles. The molecule has 3 aromatic heterocycles. The van der Waals surface area contributed by atoms with Crippen LogP contribution in [0.25, 0.3) is 0 Å². The van der Waals surface area contributed by atoms with Crippen LogP contribution in [0.5, 0.6) is 17.2 Å². The predicted molar refractivity (Wildman–Crippen MR) is 302 cm³/mol. The van der Waals surface area contributed by atoms with Gasteiger partial charge >= 0.3 is 65.9 Å². The van der Waals surface area contributed by atoms with Crippen LogP contribution in [0, 0.1) is 0 Å². The molecule has 0 atom stereocenters. The van der Waals surface area contributed by atoms with Crippen LogP contribution < -0.4 is 42.8 Å². The molecule has 0 saturated carbocycles. The first-order chi connectivity index (χ1) is 40.5. The number of aromatic nitrogens is 3. The highest BCUT2D eigenvalue weighted by Crippen LogP contribution is 2.21. The zero-order chi connectivity index (χ0) is 63.3. The zero-order valence-corrected chi connectivity index (χ0v) is 51.9. The van der Waals surface area contributed by atoms with Crippen molar-refractivity contribution in [1.29, 1.82) is 0 Å². The Hall–Kier alpha value is -9.37. The Morgan fingerprint density at radius 1 is 0.488 bits per heavy atom. The largest absolute Gasteiger partial charge is 1.00 e. The molecule has 458 valence electrons. The molecule has 0 aliphatic rings. The SMILES string of the molecule is CC(=O)Oc1ccccc1C(=O)O.CC(=O)Oc1ccccc1C(=O)OCOC(=O)c1ccc[n+](COC(=O)N(C)C)c1.CC(=O)Oc1ccccc1C(=O)OCOC(=O)c1cccnc1.CN(C)C(=O)OCI.O=C(OCCl)c1cccnc1.[I-]. The van der Waals surface area contributed by atoms with Crippen LogP contribution in [0.15, 0.2) is 146 Å². The summed E-state index contributed by atoms with van der Waals surface area (Å²) in [4.78, 5) is 134. The van der Waals surface area contributed by atoms with Gasteiger partial charge in [0.2, 0.25) is 13.6 Å². The van der Waals surface area contributed by atoms with E-state index in [4.69, 9.17) is 49.9 Å². The molecule has 1 N–H and O–H groups in total. The summed E-state index contributed by atoms with van der Waals surface area (Å²) in [7, 11) is 6.39. The first-order valence-corrected chi connectivity index (χ1v) is 26.1. The lowest BCUT2D eigenvalue weighted by molar-refractivity contribution is -0.727. The van der Waals surface area contributed by atoms with Crippen LogP contribution in [-0.4, -0.2) is 143 Å². The Morgan fingerprint density at radius 3 is 1.23 bits per heavy atom. The van der Waals surface area contributed by atoms with Crippen molar-refractivity contribution in [3.05, 3.63) is 180 Å². The molecule has 0 saturated heterocycles. The number of alkyl halides is 2. The Balaban J connectivity index is 0.000000580. The number of halogens is 3. The fourth-order valence-corrected chi connectivity index (χ4v) is 5.86. The number of carboxylic acids is 1. The van der Waals surface area contributed by atoms with Crippen molar-refractivity contribution in [3.63, 3.8) is 0 Å². The molecule has 0 spiro atoms. The van der Waals surface area contributed by atoms with Gasteiger partial charge in [0.1, 0.15) is 44.1 Å². The van der Waals surface area contributed by atoms with Crippen molar-refractivity contribution in [2.45, 2.75) is 27.5 Å². The number of hydrogen-bond acceptors (Lipinski definition) is 23. The number of rotatable bonds is 17. The van der Waals surface area contributed by atoms with E-state index < -0.39 is 73.4 Å². The summed E-state index contributed by atoms with van der Waals surface area (Å²) in [5.41, 5.74) is 0.869. The maximum Gasteiger partial charge on any atom is 0.414 e. The number of carboxylic acid groups (broad SMARTS) is 1. The summed E-state index contributed by atoms with van der Waals surface area (Å²) in [6.07, 6.45) is 8.06. The lowest BCUT2D eigenvalue weighted by Gasteiger charge is -2.10. The maximum atomic E-state index is 12.2. The van der Waals surface area contributed by atoms with E-state index in [2.05, 4.69) is 24.2 Å². The summed E-state index contributed by atoms with van der Waals surface area (Å²) in [5.74, 6) is -6.08. The van der Waals surface area contributed by atoms with E-state index in [0.717, 1.165) is 0 Å². The lowest BCUT2D eigenvalue weighted by atomic mass is 10.2. The van der Waals surface area contributed by atoms with Gasteiger partial charge in [-0.3, -0.25) is 24.4 Å². The summed E-state index contributed by atoms with van der Waals surface area (Å²) < 4.78 is 50.1. The fourth-order valence-electron chi connectivity index (χ4n) is 5.50. The van der Waals surface area contributed by atoms with E-state index in [1.54, 1.807) is 101 Å². The molecule has 27 nitrogen and oxygen atoms in total. The summed E-state index contributed by atoms with van der Waals surface area (Å²) in [6, 6.07) is 27.4. The number of pyridine rings is 3. The Labute approximate surface area is 527 Å². The molecule has 0 unspecified atom stereocenters.